The Morgan fingerprint density at radius 3 is 2.69 bits per heavy atom. The van der Waals surface area contributed by atoms with Crippen molar-refractivity contribution < 1.29 is 8.81 Å². The van der Waals surface area contributed by atoms with E-state index in [4.69, 9.17) is 9.40 Å². The second-order valence-corrected chi connectivity index (χ2v) is 6.72. The summed E-state index contributed by atoms with van der Waals surface area (Å²) in [7, 11) is 1.63. The van der Waals surface area contributed by atoms with Gasteiger partial charge in [-0.05, 0) is 25.8 Å². The first-order chi connectivity index (χ1) is 14.1. The Morgan fingerprint density at radius 2 is 2.00 bits per heavy atom. The molecule has 0 amide bonds. The topological polar surface area (TPSA) is 76.5 Å². The molecule has 0 saturated carbocycles. The lowest BCUT2D eigenvalue weighted by atomic mass is 10.1. The minimum absolute atomic E-state index is 0.403. The van der Waals surface area contributed by atoms with Gasteiger partial charge in [0.05, 0.1) is 28.7 Å². The van der Waals surface area contributed by atoms with Gasteiger partial charge in [-0.3, -0.25) is 9.98 Å². The molecule has 0 aliphatic carbocycles. The average molecular weight is 407 g/mol. The number of amidine groups is 1. The van der Waals surface area contributed by atoms with E-state index in [0.717, 1.165) is 16.0 Å². The molecule has 0 saturated heterocycles. The standard InChI is InChI=1S/C19H14FN5OS.C2H4/c1-10-17(27-19(24-10)11-6-12(20)9-23-8-11)16-13-4-5-26-15(13)7-14(25-16)18(21-2)22-3;1-2/h4-9H,2H2,1,3H3;1-2H2. The second-order valence-electron chi connectivity index (χ2n) is 5.72. The zero-order chi connectivity index (χ0) is 21.0. The van der Waals surface area contributed by atoms with Gasteiger partial charge in [-0.15, -0.1) is 24.5 Å². The number of rotatable bonds is 3. The molecule has 8 heteroatoms. The van der Waals surface area contributed by atoms with Crippen molar-refractivity contribution >= 4 is 34.9 Å². The number of fused-ring (bicyclic) bond motifs is 1. The summed E-state index contributed by atoms with van der Waals surface area (Å²) in [4.78, 5) is 22.1. The van der Waals surface area contributed by atoms with Crippen LogP contribution in [0.15, 0.2) is 64.4 Å². The molecule has 4 aromatic heterocycles. The molecule has 0 radical (unpaired) electrons. The third-order valence-electron chi connectivity index (χ3n) is 4.00. The average Bonchev–Trinajstić information content (AvgIpc) is 3.36. The lowest BCUT2D eigenvalue weighted by molar-refractivity contribution is 0.615. The number of aliphatic imine (C=N–C) groups is 2. The Morgan fingerprint density at radius 1 is 1.21 bits per heavy atom. The van der Waals surface area contributed by atoms with E-state index in [2.05, 4.69) is 39.8 Å². The zero-order valence-corrected chi connectivity index (χ0v) is 16.8. The minimum Gasteiger partial charge on any atom is -0.464 e. The van der Waals surface area contributed by atoms with Gasteiger partial charge in [0, 0.05) is 30.3 Å². The number of aryl methyl sites for hydroxylation is 1. The molecule has 0 unspecified atom stereocenters. The predicted molar refractivity (Wildman–Crippen MR) is 116 cm³/mol. The molecule has 6 nitrogen and oxygen atoms in total. The molecule has 0 aromatic carbocycles. The highest BCUT2D eigenvalue weighted by Gasteiger charge is 2.19. The maximum atomic E-state index is 13.5. The highest BCUT2D eigenvalue weighted by Crippen LogP contribution is 2.38. The van der Waals surface area contributed by atoms with Gasteiger partial charge in [0.25, 0.3) is 0 Å². The Balaban J connectivity index is 0.00000117. The first-order valence-corrected chi connectivity index (χ1v) is 9.33. The van der Waals surface area contributed by atoms with Crippen LogP contribution in [0, 0.1) is 12.7 Å². The fourth-order valence-corrected chi connectivity index (χ4v) is 3.84. The van der Waals surface area contributed by atoms with E-state index in [-0.39, 0.29) is 0 Å². The Bertz CT molecular complexity index is 1210. The number of nitrogens with zero attached hydrogens (tertiary/aromatic N) is 5. The highest BCUT2D eigenvalue weighted by molar-refractivity contribution is 7.18. The first kappa shape index (κ1) is 20.2. The van der Waals surface area contributed by atoms with E-state index in [1.165, 1.54) is 23.6 Å². The van der Waals surface area contributed by atoms with Crippen LogP contribution in [0.3, 0.4) is 0 Å². The van der Waals surface area contributed by atoms with Crippen LogP contribution in [0.4, 0.5) is 4.39 Å². The molecule has 146 valence electrons. The Labute approximate surface area is 171 Å². The monoisotopic (exact) mass is 407 g/mol. The molecule has 0 bridgehead atoms. The van der Waals surface area contributed by atoms with Crippen LogP contribution in [0.2, 0.25) is 0 Å². The van der Waals surface area contributed by atoms with Crippen LogP contribution >= 0.6 is 11.3 Å². The van der Waals surface area contributed by atoms with Crippen LogP contribution in [-0.4, -0.2) is 34.6 Å². The van der Waals surface area contributed by atoms with Gasteiger partial charge < -0.3 is 4.42 Å². The fraction of sp³-hybridized carbons (Fsp3) is 0.0952. The van der Waals surface area contributed by atoms with E-state index >= 15 is 0 Å². The van der Waals surface area contributed by atoms with Gasteiger partial charge in [0.1, 0.15) is 22.1 Å². The molecule has 0 N–H and O–H groups in total. The van der Waals surface area contributed by atoms with Crippen molar-refractivity contribution in [3.8, 4) is 21.1 Å². The summed E-state index contributed by atoms with van der Waals surface area (Å²) in [5.41, 5.74) is 3.35. The van der Waals surface area contributed by atoms with Crippen molar-refractivity contribution in [1.29, 1.82) is 0 Å². The SMILES string of the molecule is C=C.C=NC(=NC)c1cc2occc2c(-c2sc(-c3cncc(F)c3)nc2C)n1. The smallest absolute Gasteiger partial charge is 0.172 e. The molecule has 0 fully saturated rings. The van der Waals surface area contributed by atoms with Crippen LogP contribution in [-0.2, 0) is 0 Å². The number of furan rings is 1. The molecule has 4 heterocycles. The molecule has 0 aliphatic heterocycles. The maximum Gasteiger partial charge on any atom is 0.172 e. The number of aromatic nitrogens is 3. The molecule has 0 atom stereocenters. The van der Waals surface area contributed by atoms with Gasteiger partial charge >= 0.3 is 0 Å². The molecule has 4 aromatic rings. The van der Waals surface area contributed by atoms with E-state index in [1.807, 2.05) is 13.0 Å². The summed E-state index contributed by atoms with van der Waals surface area (Å²) in [6.45, 7) is 11.4. The summed E-state index contributed by atoms with van der Waals surface area (Å²) in [5.74, 6) is 0.0198. The van der Waals surface area contributed by atoms with Crippen molar-refractivity contribution in [1.82, 2.24) is 15.0 Å². The number of halogens is 1. The molecule has 29 heavy (non-hydrogen) atoms. The normalized spacial score (nSPS) is 11.2. The quantitative estimate of drug-likeness (QED) is 0.261. The number of hydrogen-bond donors (Lipinski definition) is 0. The summed E-state index contributed by atoms with van der Waals surface area (Å²) in [6.07, 6.45) is 4.36. The largest absolute Gasteiger partial charge is 0.464 e. The van der Waals surface area contributed by atoms with Crippen LogP contribution in [0.25, 0.3) is 32.1 Å². The van der Waals surface area contributed by atoms with Gasteiger partial charge in [0.15, 0.2) is 5.84 Å². The number of thiazole rings is 1. The number of pyridine rings is 2. The molecule has 4 rings (SSSR count). The van der Waals surface area contributed by atoms with Gasteiger partial charge in [-0.1, -0.05) is 0 Å². The minimum atomic E-state index is -0.403. The third-order valence-corrected chi connectivity index (χ3v) is 5.22. The second kappa shape index (κ2) is 8.66. The summed E-state index contributed by atoms with van der Waals surface area (Å²) < 4.78 is 19.1. The van der Waals surface area contributed by atoms with Crippen LogP contribution in [0.5, 0.6) is 0 Å². The van der Waals surface area contributed by atoms with Gasteiger partial charge in [0.2, 0.25) is 0 Å². The lowest BCUT2D eigenvalue weighted by Crippen LogP contribution is -2.01. The molecular formula is C21H18FN5OS. The van der Waals surface area contributed by atoms with Crippen LogP contribution in [0.1, 0.15) is 11.4 Å². The maximum absolute atomic E-state index is 13.5. The van der Waals surface area contributed by atoms with Crippen molar-refractivity contribution in [2.45, 2.75) is 6.92 Å². The predicted octanol–water partition coefficient (Wildman–Crippen LogP) is 5.34. The first-order valence-electron chi connectivity index (χ1n) is 8.51. The summed E-state index contributed by atoms with van der Waals surface area (Å²) in [5, 5.41) is 1.53. The fourth-order valence-electron chi connectivity index (χ4n) is 2.79. The number of hydrogen-bond acceptors (Lipinski definition) is 6. The Hall–Kier alpha value is -3.52. The van der Waals surface area contributed by atoms with Crippen molar-refractivity contribution in [3.63, 3.8) is 0 Å². The molecular weight excluding hydrogens is 389 g/mol. The Kier molecular flexibility index (Phi) is 6.04. The molecule has 0 aliphatic rings. The lowest BCUT2D eigenvalue weighted by Gasteiger charge is -2.05. The molecule has 0 spiro atoms. The van der Waals surface area contributed by atoms with Crippen molar-refractivity contribution in [2.75, 3.05) is 7.05 Å². The van der Waals surface area contributed by atoms with E-state index in [0.29, 0.717) is 33.4 Å². The van der Waals surface area contributed by atoms with Gasteiger partial charge in [-0.25, -0.2) is 19.4 Å². The van der Waals surface area contributed by atoms with Crippen molar-refractivity contribution in [3.05, 3.63) is 67.2 Å². The van der Waals surface area contributed by atoms with Crippen molar-refractivity contribution in [2.24, 2.45) is 9.98 Å². The van der Waals surface area contributed by atoms with Gasteiger partial charge in [-0.2, -0.15) is 0 Å². The summed E-state index contributed by atoms with van der Waals surface area (Å²) in [6, 6.07) is 5.05. The van der Waals surface area contributed by atoms with E-state index in [1.54, 1.807) is 25.6 Å². The van der Waals surface area contributed by atoms with E-state index in [9.17, 15) is 4.39 Å². The highest BCUT2D eigenvalue weighted by atomic mass is 32.1. The zero-order valence-electron chi connectivity index (χ0n) is 16.0. The third kappa shape index (κ3) is 3.88. The van der Waals surface area contributed by atoms with Crippen LogP contribution < -0.4 is 0 Å². The van der Waals surface area contributed by atoms with E-state index < -0.39 is 5.82 Å². The summed E-state index contributed by atoms with van der Waals surface area (Å²) >= 11 is 1.42.